The van der Waals surface area contributed by atoms with Crippen LogP contribution in [0.15, 0.2) is 406 Å². The average molecular weight is 1760 g/mol. The molecule has 8 aromatic heterocycles. The predicted octanol–water partition coefficient (Wildman–Crippen LogP) is 28.0. The average Bonchev–Trinajstić information content (AvgIpc) is 1.58. The van der Waals surface area contributed by atoms with E-state index in [1.165, 1.54) is 0 Å². The number of hydrogen-bond acceptors (Lipinski definition) is 18. The van der Waals surface area contributed by atoms with Crippen LogP contribution in [0, 0.1) is 0 Å². The number of benzene rings is 16. The molecular weight excluding hydrogens is 1680 g/mol. The summed E-state index contributed by atoms with van der Waals surface area (Å²) < 4.78 is 38.7. The number of hydrogen-bond donors (Lipinski definition) is 0. The zero-order valence-corrected chi connectivity index (χ0v) is 73.5. The van der Waals surface area contributed by atoms with Crippen molar-refractivity contribution in [1.82, 2.24) is 59.8 Å². The van der Waals surface area contributed by atoms with E-state index in [1.807, 2.05) is 291 Å². The van der Waals surface area contributed by atoms with Gasteiger partial charge in [0.15, 0.2) is 64.1 Å². The Bertz CT molecular complexity index is 8460. The molecule has 1 aliphatic heterocycles. The van der Waals surface area contributed by atoms with Crippen molar-refractivity contribution in [3.8, 4) is 148 Å². The van der Waals surface area contributed by atoms with Crippen LogP contribution in [0.1, 0.15) is 27.7 Å². The van der Waals surface area contributed by atoms with Gasteiger partial charge >= 0.3 is 7.12 Å². The number of aromatic nitrogens is 12. The molecule has 18 nitrogen and oxygen atoms in total. The minimum atomic E-state index is -0.565. The molecule has 1 aliphatic rings. The first-order chi connectivity index (χ1) is 65.7. The maximum Gasteiger partial charge on any atom is 0.498 e. The lowest BCUT2D eigenvalue weighted by Gasteiger charge is -2.32. The lowest BCUT2D eigenvalue weighted by atomic mass is 9.76. The van der Waals surface area contributed by atoms with E-state index in [4.69, 9.17) is 83.4 Å². The molecule has 25 rings (SSSR count). The Labute approximate surface area is 773 Å². The normalized spacial score (nSPS) is 12.9. The second kappa shape index (κ2) is 34.2. The van der Waals surface area contributed by atoms with E-state index < -0.39 is 18.3 Å². The summed E-state index contributed by atoms with van der Waals surface area (Å²) in [6, 6.07) is 129. The smallest absolute Gasteiger partial charge is 0.456 e. The summed E-state index contributed by atoms with van der Waals surface area (Å²) in [5.41, 5.74) is 19.7. The Kier molecular flexibility index (Phi) is 20.8. The van der Waals surface area contributed by atoms with Gasteiger partial charge in [-0.3, -0.25) is 0 Å². The van der Waals surface area contributed by atoms with Crippen molar-refractivity contribution in [2.24, 2.45) is 0 Å². The number of rotatable bonds is 14. The van der Waals surface area contributed by atoms with Crippen molar-refractivity contribution in [2.75, 3.05) is 0 Å². The van der Waals surface area contributed by atoms with Gasteiger partial charge in [0.25, 0.3) is 0 Å². The first kappa shape index (κ1) is 81.5. The van der Waals surface area contributed by atoms with Gasteiger partial charge in [-0.25, -0.2) is 49.8 Å². The lowest BCUT2D eigenvalue weighted by molar-refractivity contribution is 0.00578. The standard InChI is InChI=1S/C54H32N6O2.C39H32BN3O3.C21H12ClN3O/c1-4-15-34(16-5-1)49-55-50(35-17-6-2-7-18-35)57-52(56-49)37-29-27-33(28-30-37)38-31-43-40-22-11-13-26-46(40)62-48(43)44(32-38)54-59-51(36-19-8-3-9-20-36)58-53(60-54)42-24-14-23-41-39-21-10-12-25-45(39)61-47(41)42;1-38(2)39(3,4)46-40(45-38)32-24-29(23-31-30-17-11-12-18-33(30)44-34(31)32)25-19-21-28(22-20-25)37-42-35(26-13-7-5-8-14-26)41-36(43-37)27-15-9-6-10-16-27;22-21-24-19(13-7-2-1-3-8-13)23-20(25-21)16-11-6-10-15-14-9-4-5-12-17(14)26-18(15)16/h1-32H;5-24H,1-4H3;1-12H. The minimum absolute atomic E-state index is 0.155. The van der Waals surface area contributed by atoms with Crippen LogP contribution in [-0.4, -0.2) is 78.1 Å². The van der Waals surface area contributed by atoms with Gasteiger partial charge in [0.2, 0.25) is 5.28 Å². The fourth-order valence-corrected chi connectivity index (χ4v) is 17.4. The molecule has 0 radical (unpaired) electrons. The molecule has 0 atom stereocenters. The number of nitrogens with zero attached hydrogens (tertiary/aromatic N) is 12. The van der Waals surface area contributed by atoms with E-state index >= 15 is 0 Å². The number of halogens is 1. The van der Waals surface area contributed by atoms with Crippen LogP contribution >= 0.6 is 11.6 Å². The Morgan fingerprint density at radius 3 is 0.791 bits per heavy atom. The monoisotopic (exact) mass is 1750 g/mol. The van der Waals surface area contributed by atoms with E-state index in [0.717, 1.165) is 171 Å². The molecule has 9 heterocycles. The Morgan fingerprint density at radius 2 is 0.433 bits per heavy atom. The molecule has 16 aromatic carbocycles. The Morgan fingerprint density at radius 1 is 0.194 bits per heavy atom. The van der Waals surface area contributed by atoms with Crippen molar-refractivity contribution < 1.29 is 27.0 Å². The maximum absolute atomic E-state index is 6.66. The molecule has 0 spiro atoms. The highest BCUT2D eigenvalue weighted by molar-refractivity contribution is 6.65. The largest absolute Gasteiger partial charge is 0.498 e. The first-order valence-electron chi connectivity index (χ1n) is 44.1. The van der Waals surface area contributed by atoms with E-state index in [2.05, 4.69) is 140 Å². The maximum atomic E-state index is 6.66. The summed E-state index contributed by atoms with van der Waals surface area (Å²) in [7, 11) is -0.565. The molecule has 0 saturated carbocycles. The van der Waals surface area contributed by atoms with Gasteiger partial charge in [-0.1, -0.05) is 334 Å². The van der Waals surface area contributed by atoms with Crippen LogP contribution < -0.4 is 5.46 Å². The van der Waals surface area contributed by atoms with Crippen LogP contribution in [0.25, 0.3) is 235 Å². The molecule has 20 heteroatoms. The number of furan rings is 4. The van der Waals surface area contributed by atoms with E-state index in [0.29, 0.717) is 69.7 Å². The van der Waals surface area contributed by atoms with Gasteiger partial charge in [0, 0.05) is 93.1 Å². The topological polar surface area (TPSA) is 226 Å². The molecule has 1 saturated heterocycles. The summed E-state index contributed by atoms with van der Waals surface area (Å²) in [5, 5.41) is 8.31. The molecule has 1 fully saturated rings. The highest BCUT2D eigenvalue weighted by Gasteiger charge is 2.53. The molecule has 0 aliphatic carbocycles. The minimum Gasteiger partial charge on any atom is -0.456 e. The molecule has 0 N–H and O–H groups in total. The quantitative estimate of drug-likeness (QED) is 0.0922. The second-order valence-corrected chi connectivity index (χ2v) is 34.0. The van der Waals surface area contributed by atoms with Crippen molar-refractivity contribution in [3.05, 3.63) is 394 Å². The van der Waals surface area contributed by atoms with Crippen LogP contribution in [0.5, 0.6) is 0 Å². The first-order valence-corrected chi connectivity index (χ1v) is 44.4. The third-order valence-electron chi connectivity index (χ3n) is 24.7. The van der Waals surface area contributed by atoms with Crippen LogP contribution in [0.2, 0.25) is 5.28 Å². The number of para-hydroxylation sites is 6. The number of fused-ring (bicyclic) bond motifs is 12. The van der Waals surface area contributed by atoms with E-state index in [1.54, 1.807) is 0 Å². The third-order valence-corrected chi connectivity index (χ3v) is 24.9. The summed E-state index contributed by atoms with van der Waals surface area (Å²) in [6.45, 7) is 8.27. The van der Waals surface area contributed by atoms with Gasteiger partial charge in [0.1, 0.15) is 44.7 Å². The Hall–Kier alpha value is -17.0. The van der Waals surface area contributed by atoms with Crippen molar-refractivity contribution in [3.63, 3.8) is 0 Å². The predicted molar refractivity (Wildman–Crippen MR) is 533 cm³/mol. The van der Waals surface area contributed by atoms with Gasteiger partial charge in [-0.15, -0.1) is 0 Å². The summed E-state index contributed by atoms with van der Waals surface area (Å²) in [5.74, 6) is 6.27. The second-order valence-electron chi connectivity index (χ2n) is 33.7. The van der Waals surface area contributed by atoms with E-state index in [-0.39, 0.29) is 5.28 Å². The van der Waals surface area contributed by atoms with Crippen molar-refractivity contribution in [1.29, 1.82) is 0 Å². The molecule has 0 bridgehead atoms. The van der Waals surface area contributed by atoms with Crippen LogP contribution in [0.3, 0.4) is 0 Å². The van der Waals surface area contributed by atoms with Gasteiger partial charge in [0.05, 0.1) is 27.9 Å². The molecule has 638 valence electrons. The van der Waals surface area contributed by atoms with Crippen molar-refractivity contribution in [2.45, 2.75) is 38.9 Å². The zero-order chi connectivity index (χ0) is 90.0. The van der Waals surface area contributed by atoms with E-state index in [9.17, 15) is 0 Å². The third kappa shape index (κ3) is 15.6. The zero-order valence-electron chi connectivity index (χ0n) is 72.7. The molecular formula is C114H76BClN12O6. The van der Waals surface area contributed by atoms with Gasteiger partial charge in [-0.2, -0.15) is 9.97 Å². The highest BCUT2D eigenvalue weighted by Crippen LogP contribution is 2.45. The van der Waals surface area contributed by atoms with Crippen LogP contribution in [-0.2, 0) is 9.31 Å². The summed E-state index contributed by atoms with van der Waals surface area (Å²) in [4.78, 5) is 58.1. The van der Waals surface area contributed by atoms with Gasteiger partial charge < -0.3 is 27.0 Å². The summed E-state index contributed by atoms with van der Waals surface area (Å²) >= 11 is 6.19. The fraction of sp³-hybridized carbons (Fsp3) is 0.0526. The molecule has 0 unspecified atom stereocenters. The lowest BCUT2D eigenvalue weighted by Crippen LogP contribution is -2.41. The van der Waals surface area contributed by atoms with Crippen LogP contribution in [0.4, 0.5) is 0 Å². The summed E-state index contributed by atoms with van der Waals surface area (Å²) in [6.07, 6.45) is 0. The molecule has 24 aromatic rings. The van der Waals surface area contributed by atoms with Gasteiger partial charge in [-0.05, 0) is 116 Å². The van der Waals surface area contributed by atoms with Crippen molar-refractivity contribution >= 4 is 112 Å². The molecule has 134 heavy (non-hydrogen) atoms. The SMILES string of the molecule is CC1(C)OB(c2cc(-c3ccc(-c4nc(-c5ccccc5)nc(-c5ccccc5)n4)cc3)cc3c2oc2ccccc23)OC1(C)C.Clc1nc(-c2ccccc2)nc(-c2cccc3c2oc2ccccc23)n1.c1ccc(-c2nc(-c3ccccc3)nc(-c3ccc(-c4cc(-c5nc(-c6ccccc6)nc(-c6cccc7c6oc6ccccc67)n5)c5oc6ccccc6c5c4)cc3)n2)cc1. The highest BCUT2D eigenvalue weighted by atomic mass is 35.5. The fourth-order valence-electron chi connectivity index (χ4n) is 17.2. The molecule has 0 amide bonds. The Balaban J connectivity index is 0.000000123.